The SMILES string of the molecule is CCOCCCn1c(CN)cc2ccccc21. The molecule has 3 heteroatoms. The molecule has 3 nitrogen and oxygen atoms in total. The van der Waals surface area contributed by atoms with Crippen LogP contribution in [0.25, 0.3) is 10.9 Å². The van der Waals surface area contributed by atoms with E-state index in [9.17, 15) is 0 Å². The highest BCUT2D eigenvalue weighted by molar-refractivity contribution is 5.81. The Morgan fingerprint density at radius 3 is 2.88 bits per heavy atom. The first kappa shape index (κ1) is 12.1. The lowest BCUT2D eigenvalue weighted by atomic mass is 10.2. The van der Waals surface area contributed by atoms with Gasteiger partial charge in [0.2, 0.25) is 0 Å². The molecule has 0 amide bonds. The van der Waals surface area contributed by atoms with Crippen LogP contribution in [0.15, 0.2) is 30.3 Å². The van der Waals surface area contributed by atoms with E-state index in [0.717, 1.165) is 26.2 Å². The molecule has 0 aliphatic rings. The molecule has 0 fully saturated rings. The summed E-state index contributed by atoms with van der Waals surface area (Å²) >= 11 is 0. The second-order valence-corrected chi connectivity index (χ2v) is 4.10. The Labute approximate surface area is 102 Å². The highest BCUT2D eigenvalue weighted by Gasteiger charge is 2.06. The van der Waals surface area contributed by atoms with E-state index >= 15 is 0 Å². The minimum absolute atomic E-state index is 0.587. The summed E-state index contributed by atoms with van der Waals surface area (Å²) in [5, 5.41) is 1.27. The van der Waals surface area contributed by atoms with Gasteiger partial charge in [-0.25, -0.2) is 0 Å². The zero-order chi connectivity index (χ0) is 12.1. The van der Waals surface area contributed by atoms with Crippen molar-refractivity contribution >= 4 is 10.9 Å². The largest absolute Gasteiger partial charge is 0.382 e. The standard InChI is InChI=1S/C14H20N2O/c1-2-17-9-5-8-16-13(11-15)10-12-6-3-4-7-14(12)16/h3-4,6-7,10H,2,5,8-9,11,15H2,1H3. The second-order valence-electron chi connectivity index (χ2n) is 4.10. The summed E-state index contributed by atoms with van der Waals surface area (Å²) in [5.74, 6) is 0. The van der Waals surface area contributed by atoms with Gasteiger partial charge >= 0.3 is 0 Å². The molecule has 0 saturated carbocycles. The Morgan fingerprint density at radius 2 is 2.12 bits per heavy atom. The van der Waals surface area contributed by atoms with Gasteiger partial charge in [0.05, 0.1) is 0 Å². The minimum Gasteiger partial charge on any atom is -0.382 e. The van der Waals surface area contributed by atoms with Crippen molar-refractivity contribution in [3.63, 3.8) is 0 Å². The van der Waals surface area contributed by atoms with Crippen LogP contribution < -0.4 is 5.73 Å². The Hall–Kier alpha value is -1.32. The Balaban J connectivity index is 2.18. The highest BCUT2D eigenvalue weighted by Crippen LogP contribution is 2.19. The lowest BCUT2D eigenvalue weighted by molar-refractivity contribution is 0.142. The summed E-state index contributed by atoms with van der Waals surface area (Å²) in [4.78, 5) is 0. The van der Waals surface area contributed by atoms with Gasteiger partial charge in [-0.3, -0.25) is 0 Å². The third kappa shape index (κ3) is 2.68. The van der Waals surface area contributed by atoms with Crippen LogP contribution in [0, 0.1) is 0 Å². The Kier molecular flexibility index (Phi) is 4.18. The van der Waals surface area contributed by atoms with E-state index in [1.165, 1.54) is 16.6 Å². The van der Waals surface area contributed by atoms with E-state index in [4.69, 9.17) is 10.5 Å². The topological polar surface area (TPSA) is 40.2 Å². The van der Waals surface area contributed by atoms with Crippen LogP contribution in [0.2, 0.25) is 0 Å². The molecule has 0 aliphatic heterocycles. The van der Waals surface area contributed by atoms with Crippen molar-refractivity contribution in [3.05, 3.63) is 36.0 Å². The van der Waals surface area contributed by atoms with Gasteiger partial charge in [0.25, 0.3) is 0 Å². The number of hydrogen-bond donors (Lipinski definition) is 1. The molecule has 0 atom stereocenters. The summed E-state index contributed by atoms with van der Waals surface area (Å²) in [6, 6.07) is 10.6. The molecular weight excluding hydrogens is 212 g/mol. The number of ether oxygens (including phenoxy) is 1. The van der Waals surface area contributed by atoms with Crippen molar-refractivity contribution < 1.29 is 4.74 Å². The van der Waals surface area contributed by atoms with Gasteiger partial charge in [-0.15, -0.1) is 0 Å². The summed E-state index contributed by atoms with van der Waals surface area (Å²) in [7, 11) is 0. The monoisotopic (exact) mass is 232 g/mol. The lowest BCUT2D eigenvalue weighted by Gasteiger charge is -2.09. The fourth-order valence-electron chi connectivity index (χ4n) is 2.17. The van der Waals surface area contributed by atoms with Gasteiger partial charge in [-0.1, -0.05) is 18.2 Å². The number of nitrogens with two attached hydrogens (primary N) is 1. The molecular formula is C14H20N2O. The molecule has 92 valence electrons. The van der Waals surface area contributed by atoms with Crippen molar-refractivity contribution in [2.24, 2.45) is 5.73 Å². The maximum atomic E-state index is 5.79. The summed E-state index contributed by atoms with van der Waals surface area (Å²) in [6.45, 7) is 5.18. The molecule has 0 radical (unpaired) electrons. The fourth-order valence-corrected chi connectivity index (χ4v) is 2.17. The number of hydrogen-bond acceptors (Lipinski definition) is 2. The van der Waals surface area contributed by atoms with Crippen LogP contribution in [-0.4, -0.2) is 17.8 Å². The van der Waals surface area contributed by atoms with Gasteiger partial charge in [0.1, 0.15) is 0 Å². The van der Waals surface area contributed by atoms with Gasteiger partial charge in [-0.05, 0) is 30.9 Å². The molecule has 0 bridgehead atoms. The maximum Gasteiger partial charge on any atom is 0.0482 e. The van der Waals surface area contributed by atoms with E-state index in [2.05, 4.69) is 34.9 Å². The van der Waals surface area contributed by atoms with Crippen LogP contribution in [0.3, 0.4) is 0 Å². The quantitative estimate of drug-likeness (QED) is 0.777. The van der Waals surface area contributed by atoms with Crippen molar-refractivity contribution in [1.82, 2.24) is 4.57 Å². The molecule has 0 saturated heterocycles. The summed E-state index contributed by atoms with van der Waals surface area (Å²) in [6.07, 6.45) is 1.03. The Morgan fingerprint density at radius 1 is 1.29 bits per heavy atom. The second kappa shape index (κ2) is 5.84. The number of aryl methyl sites for hydroxylation is 1. The van der Waals surface area contributed by atoms with Crippen LogP contribution in [0.5, 0.6) is 0 Å². The van der Waals surface area contributed by atoms with E-state index in [1.807, 2.05) is 6.92 Å². The molecule has 2 aromatic rings. The van der Waals surface area contributed by atoms with Crippen molar-refractivity contribution in [2.75, 3.05) is 13.2 Å². The molecule has 1 aromatic carbocycles. The number of rotatable bonds is 6. The van der Waals surface area contributed by atoms with Gasteiger partial charge < -0.3 is 15.0 Å². The zero-order valence-corrected chi connectivity index (χ0v) is 10.4. The molecule has 1 aromatic heterocycles. The fraction of sp³-hybridized carbons (Fsp3) is 0.429. The number of nitrogens with zero attached hydrogens (tertiary/aromatic N) is 1. The number of aromatic nitrogens is 1. The average molecular weight is 232 g/mol. The van der Waals surface area contributed by atoms with Crippen LogP contribution >= 0.6 is 0 Å². The Bertz CT molecular complexity index is 476. The van der Waals surface area contributed by atoms with Crippen molar-refractivity contribution in [1.29, 1.82) is 0 Å². The lowest BCUT2D eigenvalue weighted by Crippen LogP contribution is -2.09. The third-order valence-electron chi connectivity index (χ3n) is 2.98. The molecule has 0 aliphatic carbocycles. The van der Waals surface area contributed by atoms with Crippen molar-refractivity contribution in [2.45, 2.75) is 26.4 Å². The summed E-state index contributed by atoms with van der Waals surface area (Å²) < 4.78 is 7.67. The molecule has 0 spiro atoms. The van der Waals surface area contributed by atoms with E-state index in [0.29, 0.717) is 6.54 Å². The molecule has 2 rings (SSSR count). The smallest absolute Gasteiger partial charge is 0.0482 e. The van der Waals surface area contributed by atoms with E-state index < -0.39 is 0 Å². The number of fused-ring (bicyclic) bond motifs is 1. The first-order valence-corrected chi connectivity index (χ1v) is 6.21. The minimum atomic E-state index is 0.587. The molecule has 17 heavy (non-hydrogen) atoms. The highest BCUT2D eigenvalue weighted by atomic mass is 16.5. The normalized spacial score (nSPS) is 11.2. The van der Waals surface area contributed by atoms with E-state index in [1.54, 1.807) is 0 Å². The summed E-state index contributed by atoms with van der Waals surface area (Å²) in [5.41, 5.74) is 8.26. The molecule has 1 heterocycles. The molecule has 2 N–H and O–H groups in total. The predicted octanol–water partition coefficient (Wildman–Crippen LogP) is 2.53. The van der Waals surface area contributed by atoms with Crippen LogP contribution in [-0.2, 0) is 17.8 Å². The van der Waals surface area contributed by atoms with E-state index in [-0.39, 0.29) is 0 Å². The molecule has 0 unspecified atom stereocenters. The third-order valence-corrected chi connectivity index (χ3v) is 2.98. The number of para-hydroxylation sites is 1. The van der Waals surface area contributed by atoms with Gasteiger partial charge in [0.15, 0.2) is 0 Å². The first-order valence-electron chi connectivity index (χ1n) is 6.21. The van der Waals surface area contributed by atoms with Gasteiger partial charge in [-0.2, -0.15) is 0 Å². The first-order chi connectivity index (χ1) is 8.36. The maximum absolute atomic E-state index is 5.79. The van der Waals surface area contributed by atoms with Crippen molar-refractivity contribution in [3.8, 4) is 0 Å². The average Bonchev–Trinajstić information content (AvgIpc) is 2.73. The number of benzene rings is 1. The van der Waals surface area contributed by atoms with Gasteiger partial charge in [0, 0.05) is 37.5 Å². The zero-order valence-electron chi connectivity index (χ0n) is 10.4. The van der Waals surface area contributed by atoms with Crippen LogP contribution in [0.4, 0.5) is 0 Å². The van der Waals surface area contributed by atoms with Crippen LogP contribution in [0.1, 0.15) is 19.0 Å². The predicted molar refractivity (Wildman–Crippen MR) is 70.9 cm³/mol.